The summed E-state index contributed by atoms with van der Waals surface area (Å²) in [4.78, 5) is 4.22. The molecule has 104 valence electrons. The first-order valence-corrected chi connectivity index (χ1v) is 6.56. The minimum absolute atomic E-state index is 0.237. The van der Waals surface area contributed by atoms with Crippen molar-refractivity contribution >= 4 is 6.02 Å². The number of hydrogen-bond donors (Lipinski definition) is 4. The number of aliphatic imine (C=N–C) groups is 1. The number of hydrogen-bond acceptors (Lipinski definition) is 5. The molecular weight excluding hydrogens is 236 g/mol. The van der Waals surface area contributed by atoms with E-state index >= 15 is 0 Å². The van der Waals surface area contributed by atoms with Crippen molar-refractivity contribution in [2.45, 2.75) is 57.1 Å². The first kappa shape index (κ1) is 13.6. The van der Waals surface area contributed by atoms with Crippen molar-refractivity contribution < 1.29 is 20.1 Å². The molecule has 0 aromatic heterocycles. The number of fused-ring (bicyclic) bond motifs is 1. The molecular formula is C12H22N2O4. The second kappa shape index (κ2) is 5.42. The molecule has 18 heavy (non-hydrogen) atoms. The van der Waals surface area contributed by atoms with E-state index < -0.39 is 18.3 Å². The molecule has 1 aliphatic heterocycles. The lowest BCUT2D eigenvalue weighted by atomic mass is 9.77. The fourth-order valence-corrected chi connectivity index (χ4v) is 2.64. The quantitative estimate of drug-likeness (QED) is 0.533. The zero-order valence-corrected chi connectivity index (χ0v) is 10.8. The first-order chi connectivity index (χ1) is 8.54. The van der Waals surface area contributed by atoms with Crippen molar-refractivity contribution in [3.8, 4) is 0 Å². The predicted molar refractivity (Wildman–Crippen MR) is 66.2 cm³/mol. The number of aliphatic hydroxyl groups excluding tert-OH is 3. The van der Waals surface area contributed by atoms with Crippen LogP contribution in [0, 0.1) is 5.92 Å². The van der Waals surface area contributed by atoms with Gasteiger partial charge in [0.25, 0.3) is 6.02 Å². The van der Waals surface area contributed by atoms with E-state index in [1.54, 1.807) is 6.92 Å². The molecule has 4 N–H and O–H groups in total. The highest BCUT2D eigenvalue weighted by atomic mass is 16.5. The fraction of sp³-hybridized carbons (Fsp3) is 0.917. The van der Waals surface area contributed by atoms with E-state index in [0.717, 1.165) is 6.42 Å². The summed E-state index contributed by atoms with van der Waals surface area (Å²) >= 11 is 0. The van der Waals surface area contributed by atoms with Gasteiger partial charge >= 0.3 is 0 Å². The van der Waals surface area contributed by atoms with Crippen LogP contribution in [0.4, 0.5) is 0 Å². The smallest absolute Gasteiger partial charge is 0.285 e. The lowest BCUT2D eigenvalue weighted by molar-refractivity contribution is -0.111. The summed E-state index contributed by atoms with van der Waals surface area (Å²) in [5.74, 6) is -0.367. The molecule has 2 aliphatic rings. The highest BCUT2D eigenvalue weighted by molar-refractivity contribution is 5.76. The Labute approximate surface area is 107 Å². The Morgan fingerprint density at radius 3 is 2.78 bits per heavy atom. The van der Waals surface area contributed by atoms with Crippen LogP contribution in [0.5, 0.6) is 0 Å². The lowest BCUT2D eigenvalue weighted by Crippen LogP contribution is -2.57. The minimum atomic E-state index is -0.947. The zero-order chi connectivity index (χ0) is 13.3. The molecule has 2 fully saturated rings. The van der Waals surface area contributed by atoms with Crippen molar-refractivity contribution in [2.75, 3.05) is 6.54 Å². The highest BCUT2D eigenvalue weighted by Gasteiger charge is 2.49. The largest absolute Gasteiger partial charge is 0.460 e. The summed E-state index contributed by atoms with van der Waals surface area (Å²) in [7, 11) is 0. The summed E-state index contributed by atoms with van der Waals surface area (Å²) in [6.45, 7) is 4.31. The Morgan fingerprint density at radius 1 is 1.44 bits per heavy atom. The van der Waals surface area contributed by atoms with Crippen molar-refractivity contribution in [3.05, 3.63) is 0 Å². The van der Waals surface area contributed by atoms with Crippen LogP contribution in [-0.4, -0.2) is 58.3 Å². The van der Waals surface area contributed by atoms with E-state index in [0.29, 0.717) is 19.0 Å². The molecule has 0 spiro atoms. The molecule has 0 bridgehead atoms. The Kier molecular flexibility index (Phi) is 4.09. The van der Waals surface area contributed by atoms with Gasteiger partial charge in [0.2, 0.25) is 0 Å². The van der Waals surface area contributed by atoms with Crippen LogP contribution in [0.2, 0.25) is 0 Å². The van der Waals surface area contributed by atoms with Gasteiger partial charge in [0.15, 0.2) is 0 Å². The maximum atomic E-state index is 10.1. The molecule has 6 nitrogen and oxygen atoms in total. The molecule has 2 rings (SSSR count). The molecule has 1 aliphatic carbocycles. The van der Waals surface area contributed by atoms with Gasteiger partial charge in [-0.2, -0.15) is 0 Å². The van der Waals surface area contributed by atoms with Gasteiger partial charge in [0.1, 0.15) is 12.2 Å². The third-order valence-corrected chi connectivity index (χ3v) is 3.71. The predicted octanol–water partition coefficient (Wildman–Crippen LogP) is -0.768. The van der Waals surface area contributed by atoms with Crippen LogP contribution in [-0.2, 0) is 4.74 Å². The van der Waals surface area contributed by atoms with Gasteiger partial charge in [-0.05, 0) is 19.8 Å². The third kappa shape index (κ3) is 2.46. The van der Waals surface area contributed by atoms with Crippen LogP contribution < -0.4 is 5.32 Å². The SMILES string of the molecule is CCCN=C1NC2C(CC(C(C)O)C(O)C2O)O1. The Morgan fingerprint density at radius 2 is 2.17 bits per heavy atom. The van der Waals surface area contributed by atoms with E-state index in [4.69, 9.17) is 4.74 Å². The monoisotopic (exact) mass is 258 g/mol. The molecule has 6 unspecified atom stereocenters. The van der Waals surface area contributed by atoms with Gasteiger partial charge in [-0.1, -0.05) is 6.92 Å². The number of ether oxygens (including phenoxy) is 1. The Hall–Kier alpha value is -0.850. The number of rotatable bonds is 3. The summed E-state index contributed by atoms with van der Waals surface area (Å²) in [5.41, 5.74) is 0. The summed E-state index contributed by atoms with van der Waals surface area (Å²) < 4.78 is 5.62. The molecule has 0 aromatic carbocycles. The number of nitrogens with one attached hydrogen (secondary N) is 1. The third-order valence-electron chi connectivity index (χ3n) is 3.71. The average molecular weight is 258 g/mol. The minimum Gasteiger partial charge on any atom is -0.460 e. The zero-order valence-electron chi connectivity index (χ0n) is 10.8. The topological polar surface area (TPSA) is 94.3 Å². The summed E-state index contributed by atoms with van der Waals surface area (Å²) in [6, 6.07) is 0.0925. The fourth-order valence-electron chi connectivity index (χ4n) is 2.64. The molecule has 6 atom stereocenters. The van der Waals surface area contributed by atoms with Crippen molar-refractivity contribution in [2.24, 2.45) is 10.9 Å². The molecule has 1 saturated carbocycles. The second-order valence-corrected chi connectivity index (χ2v) is 5.13. The number of aliphatic hydroxyl groups is 3. The normalized spacial score (nSPS) is 43.2. The maximum Gasteiger partial charge on any atom is 0.285 e. The van der Waals surface area contributed by atoms with E-state index in [1.807, 2.05) is 6.92 Å². The first-order valence-electron chi connectivity index (χ1n) is 6.56. The van der Waals surface area contributed by atoms with Gasteiger partial charge in [-0.25, -0.2) is 4.99 Å². The van der Waals surface area contributed by atoms with Crippen LogP contribution in [0.1, 0.15) is 26.7 Å². The van der Waals surface area contributed by atoms with Gasteiger partial charge < -0.3 is 25.4 Å². The van der Waals surface area contributed by atoms with Crippen molar-refractivity contribution in [1.82, 2.24) is 5.32 Å². The Bertz CT molecular complexity index is 321. The Balaban J connectivity index is 2.07. The van der Waals surface area contributed by atoms with Crippen LogP contribution >= 0.6 is 0 Å². The van der Waals surface area contributed by atoms with E-state index in [9.17, 15) is 15.3 Å². The molecule has 0 radical (unpaired) electrons. The molecule has 1 heterocycles. The number of amidine groups is 1. The summed E-state index contributed by atoms with van der Waals surface area (Å²) in [5, 5.41) is 32.6. The van der Waals surface area contributed by atoms with Crippen LogP contribution in [0.3, 0.4) is 0 Å². The molecule has 1 saturated heterocycles. The van der Waals surface area contributed by atoms with E-state index in [2.05, 4.69) is 10.3 Å². The molecule has 6 heteroatoms. The van der Waals surface area contributed by atoms with Gasteiger partial charge in [0, 0.05) is 12.5 Å². The van der Waals surface area contributed by atoms with Crippen LogP contribution in [0.15, 0.2) is 4.99 Å². The van der Waals surface area contributed by atoms with Crippen LogP contribution in [0.25, 0.3) is 0 Å². The lowest BCUT2D eigenvalue weighted by Gasteiger charge is -2.39. The van der Waals surface area contributed by atoms with Gasteiger partial charge in [-0.3, -0.25) is 0 Å². The summed E-state index contributed by atoms with van der Waals surface area (Å²) in [6.07, 6.45) is -1.36. The van der Waals surface area contributed by atoms with Gasteiger partial charge in [-0.15, -0.1) is 0 Å². The van der Waals surface area contributed by atoms with E-state index in [1.165, 1.54) is 0 Å². The average Bonchev–Trinajstić information content (AvgIpc) is 2.74. The number of nitrogens with zero attached hydrogens (tertiary/aromatic N) is 1. The van der Waals surface area contributed by atoms with Crippen molar-refractivity contribution in [1.29, 1.82) is 0 Å². The second-order valence-electron chi connectivity index (χ2n) is 5.13. The highest BCUT2D eigenvalue weighted by Crippen LogP contribution is 2.32. The van der Waals surface area contributed by atoms with Crippen molar-refractivity contribution in [3.63, 3.8) is 0 Å². The van der Waals surface area contributed by atoms with Gasteiger partial charge in [0.05, 0.1) is 18.2 Å². The van der Waals surface area contributed by atoms with E-state index in [-0.39, 0.29) is 18.1 Å². The molecule has 0 aromatic rings. The molecule has 0 amide bonds. The standard InChI is InChI=1S/C12H22N2O4/c1-3-4-13-12-14-9-8(18-12)5-7(6(2)15)10(16)11(9)17/h6-11,15-17H,3-5H2,1-2H3,(H,13,14). The maximum absolute atomic E-state index is 10.1.